The molecular weight excluding hydrogens is 199 g/mol. The van der Waals surface area contributed by atoms with Crippen LogP contribution in [-0.2, 0) is 4.84 Å². The topological polar surface area (TPSA) is 41.9 Å². The summed E-state index contributed by atoms with van der Waals surface area (Å²) in [4.78, 5) is 13.5. The summed E-state index contributed by atoms with van der Waals surface area (Å²) in [6, 6.07) is 0. The Balaban J connectivity index is 2.96. The maximum absolute atomic E-state index is 9.28. The Morgan fingerprint density at radius 3 is 2.50 bits per heavy atom. The zero-order valence-corrected chi connectivity index (χ0v) is 5.25. The van der Waals surface area contributed by atoms with Crippen molar-refractivity contribution in [3.63, 3.8) is 0 Å². The van der Waals surface area contributed by atoms with Gasteiger partial charge in [-0.2, -0.15) is 0 Å². The van der Waals surface area contributed by atoms with Crippen LogP contribution < -0.4 is 0 Å². The summed E-state index contributed by atoms with van der Waals surface area (Å²) in [5, 5.41) is 2.35. The highest BCUT2D eigenvalue weighted by Crippen LogP contribution is 1.94. The molecule has 0 N–H and O–H groups in total. The second kappa shape index (κ2) is 3.29. The lowest BCUT2D eigenvalue weighted by Gasteiger charge is -1.95. The largest absolute Gasteiger partial charge is 0.249 e. The molecule has 0 aromatic carbocycles. The molecule has 0 atom stereocenters. The molecule has 0 aromatic rings. The van der Waals surface area contributed by atoms with Gasteiger partial charge in [-0.3, -0.25) is 0 Å². The van der Waals surface area contributed by atoms with Crippen molar-refractivity contribution in [3.05, 3.63) is 4.91 Å². The van der Waals surface area contributed by atoms with E-state index in [1.807, 2.05) is 0 Å². The Bertz CT molecular complexity index is 48.8. The lowest BCUT2D eigenvalue weighted by molar-refractivity contribution is -0.0164. The van der Waals surface area contributed by atoms with E-state index in [9.17, 15) is 4.91 Å². The molecule has 0 aliphatic heterocycles. The van der Waals surface area contributed by atoms with E-state index in [1.165, 1.54) is 7.11 Å². The number of nitroso groups, excluding NO2 is 1. The molecule has 0 fully saturated rings. The Kier molecular flexibility index (Phi) is 3.34. The van der Waals surface area contributed by atoms with Gasteiger partial charge >= 0.3 is 0 Å². The molecule has 0 aliphatic rings. The fraction of sp³-hybridized carbons (Fsp3) is 1.00. The standard InChI is InChI=1S/CH3IN2O2/c1-6-4(2)3-5/h1H3. The van der Waals surface area contributed by atoms with Gasteiger partial charge in [-0.05, 0) is 0 Å². The number of hydrogen-bond acceptors (Lipinski definition) is 3. The highest BCUT2D eigenvalue weighted by molar-refractivity contribution is 14.1. The SMILES string of the molecule is CON(I)N=O. The predicted octanol–water partition coefficient (Wildman–Crippen LogP) is 0.881. The second-order valence-corrected chi connectivity index (χ2v) is 1.32. The third kappa shape index (κ3) is 2.33. The van der Waals surface area contributed by atoms with Gasteiger partial charge in [-0.15, -0.1) is 4.91 Å². The van der Waals surface area contributed by atoms with Crippen LogP contribution >= 0.6 is 22.9 Å². The molecule has 4 nitrogen and oxygen atoms in total. The number of hydrogen-bond donors (Lipinski definition) is 0. The quantitative estimate of drug-likeness (QED) is 0.289. The third-order valence-electron chi connectivity index (χ3n) is 0.215. The van der Waals surface area contributed by atoms with E-state index >= 15 is 0 Å². The highest BCUT2D eigenvalue weighted by atomic mass is 127. The zero-order chi connectivity index (χ0) is 4.99. The van der Waals surface area contributed by atoms with Crippen molar-refractivity contribution in [3.8, 4) is 0 Å². The second-order valence-electron chi connectivity index (χ2n) is 0.490. The molecule has 0 radical (unpaired) electrons. The van der Waals surface area contributed by atoms with Crippen molar-refractivity contribution in [2.24, 2.45) is 5.29 Å². The molecule has 0 spiro atoms. The minimum Gasteiger partial charge on any atom is -0.249 e. The van der Waals surface area contributed by atoms with E-state index in [2.05, 4.69) is 10.1 Å². The Morgan fingerprint density at radius 2 is 2.50 bits per heavy atom. The number of halogens is 1. The van der Waals surface area contributed by atoms with Gasteiger partial charge in [-0.1, -0.05) is 3.39 Å². The Morgan fingerprint density at radius 1 is 2.00 bits per heavy atom. The average Bonchev–Trinajstić information content (AvgIpc) is 1.65. The van der Waals surface area contributed by atoms with Crippen LogP contribution in [0.1, 0.15) is 0 Å². The summed E-state index contributed by atoms with van der Waals surface area (Å²) in [6.07, 6.45) is 0. The number of nitrogens with zero attached hydrogens (tertiary/aromatic N) is 2. The highest BCUT2D eigenvalue weighted by Gasteiger charge is 1.84. The van der Waals surface area contributed by atoms with Crippen molar-refractivity contribution in [1.29, 1.82) is 0 Å². The van der Waals surface area contributed by atoms with Crippen LogP contribution in [0.5, 0.6) is 0 Å². The molecule has 0 saturated carbocycles. The minimum absolute atomic E-state index is 0.789. The van der Waals surface area contributed by atoms with Gasteiger partial charge in [0.05, 0.1) is 12.4 Å². The van der Waals surface area contributed by atoms with Gasteiger partial charge in [0, 0.05) is 0 Å². The normalized spacial score (nSPS) is 7.67. The first-order chi connectivity index (χ1) is 2.81. The van der Waals surface area contributed by atoms with Gasteiger partial charge in [0.2, 0.25) is 0 Å². The van der Waals surface area contributed by atoms with Gasteiger partial charge in [0.25, 0.3) is 0 Å². The Labute approximate surface area is 48.8 Å². The lowest BCUT2D eigenvalue weighted by atomic mass is 11.7. The predicted molar refractivity (Wildman–Crippen MR) is 28.7 cm³/mol. The van der Waals surface area contributed by atoms with E-state index in [0.717, 1.165) is 3.39 Å². The molecular formula is CH3IN2O2. The molecule has 0 amide bonds. The third-order valence-corrected chi connectivity index (χ3v) is 0.785. The molecule has 0 aliphatic carbocycles. The van der Waals surface area contributed by atoms with E-state index in [-0.39, 0.29) is 0 Å². The summed E-state index contributed by atoms with van der Waals surface area (Å²) >= 11 is 1.60. The maximum Gasteiger partial charge on any atom is 0.120 e. The van der Waals surface area contributed by atoms with E-state index in [4.69, 9.17) is 0 Å². The van der Waals surface area contributed by atoms with Crippen LogP contribution in [0.3, 0.4) is 0 Å². The first-order valence-corrected chi connectivity index (χ1v) is 2.11. The molecule has 0 aromatic heterocycles. The molecule has 6 heavy (non-hydrogen) atoms. The Hall–Kier alpha value is 0.0900. The first kappa shape index (κ1) is 6.09. The van der Waals surface area contributed by atoms with E-state index < -0.39 is 0 Å². The van der Waals surface area contributed by atoms with Crippen molar-refractivity contribution in [2.45, 2.75) is 0 Å². The summed E-state index contributed by atoms with van der Waals surface area (Å²) in [5.41, 5.74) is 0. The lowest BCUT2D eigenvalue weighted by Crippen LogP contribution is -1.96. The van der Waals surface area contributed by atoms with Crippen molar-refractivity contribution < 1.29 is 4.84 Å². The summed E-state index contributed by atoms with van der Waals surface area (Å²) in [5.74, 6) is 0. The number of rotatable bonds is 2. The molecule has 0 unspecified atom stereocenters. The molecule has 36 valence electrons. The summed E-state index contributed by atoms with van der Waals surface area (Å²) in [7, 11) is 1.36. The molecule has 0 bridgehead atoms. The van der Waals surface area contributed by atoms with Crippen LogP contribution in [0.4, 0.5) is 0 Å². The smallest absolute Gasteiger partial charge is 0.120 e. The van der Waals surface area contributed by atoms with Crippen LogP contribution in [0.15, 0.2) is 5.29 Å². The zero-order valence-electron chi connectivity index (χ0n) is 3.09. The minimum atomic E-state index is 0.789. The van der Waals surface area contributed by atoms with Crippen LogP contribution in [0.25, 0.3) is 0 Å². The van der Waals surface area contributed by atoms with Crippen molar-refractivity contribution >= 4 is 22.9 Å². The van der Waals surface area contributed by atoms with Gasteiger partial charge in [0.1, 0.15) is 22.9 Å². The maximum atomic E-state index is 9.28. The fourth-order valence-electron chi connectivity index (χ4n) is 0.0333. The summed E-state index contributed by atoms with van der Waals surface area (Å²) < 4.78 is 0.789. The average molecular weight is 202 g/mol. The molecule has 0 rings (SSSR count). The van der Waals surface area contributed by atoms with Crippen molar-refractivity contribution in [2.75, 3.05) is 7.11 Å². The van der Waals surface area contributed by atoms with Gasteiger partial charge in [0.15, 0.2) is 0 Å². The van der Waals surface area contributed by atoms with Crippen LogP contribution in [-0.4, -0.2) is 10.5 Å². The van der Waals surface area contributed by atoms with Crippen molar-refractivity contribution in [1.82, 2.24) is 3.39 Å². The van der Waals surface area contributed by atoms with Crippen LogP contribution in [0.2, 0.25) is 0 Å². The van der Waals surface area contributed by atoms with E-state index in [1.54, 1.807) is 22.9 Å². The van der Waals surface area contributed by atoms with Gasteiger partial charge in [-0.25, -0.2) is 4.84 Å². The summed E-state index contributed by atoms with van der Waals surface area (Å²) in [6.45, 7) is 0. The van der Waals surface area contributed by atoms with E-state index in [0.29, 0.717) is 0 Å². The van der Waals surface area contributed by atoms with Crippen LogP contribution in [0, 0.1) is 4.91 Å². The molecule has 0 saturated heterocycles. The monoisotopic (exact) mass is 202 g/mol. The fourth-order valence-corrected chi connectivity index (χ4v) is 0.0333. The molecule has 5 heteroatoms. The first-order valence-electron chi connectivity index (χ1n) is 1.14. The van der Waals surface area contributed by atoms with Gasteiger partial charge < -0.3 is 0 Å². The molecule has 0 heterocycles.